The molecule has 0 saturated carbocycles. The van der Waals surface area contributed by atoms with Gasteiger partial charge in [-0.05, 0) is 34.1 Å². The highest BCUT2D eigenvalue weighted by molar-refractivity contribution is 5.69. The van der Waals surface area contributed by atoms with Crippen LogP contribution in [0, 0.1) is 17.2 Å². The maximum atomic E-state index is 11.7. The highest BCUT2D eigenvalue weighted by Crippen LogP contribution is 2.26. The lowest BCUT2D eigenvalue weighted by molar-refractivity contribution is -0.0113. The summed E-state index contributed by atoms with van der Waals surface area (Å²) >= 11 is 0. The van der Waals surface area contributed by atoms with Crippen molar-refractivity contribution < 1.29 is 9.53 Å². The highest BCUT2D eigenvalue weighted by Gasteiger charge is 2.38. The van der Waals surface area contributed by atoms with Crippen LogP contribution in [0.4, 0.5) is 4.79 Å². The summed E-state index contributed by atoms with van der Waals surface area (Å²) in [6.45, 7) is 8.06. The number of nitrogens with zero attached hydrogens (tertiary/aromatic N) is 2. The summed E-state index contributed by atoms with van der Waals surface area (Å²) in [4.78, 5) is 13.3. The largest absolute Gasteiger partial charge is 0.444 e. The van der Waals surface area contributed by atoms with E-state index in [1.165, 1.54) is 0 Å². The fourth-order valence-corrected chi connectivity index (χ4v) is 1.56. The van der Waals surface area contributed by atoms with Crippen molar-refractivity contribution >= 4 is 6.09 Å². The van der Waals surface area contributed by atoms with Crippen molar-refractivity contribution in [1.29, 1.82) is 5.26 Å². The molecule has 15 heavy (non-hydrogen) atoms. The number of hydrogen-bond donors (Lipinski definition) is 0. The second-order valence-corrected chi connectivity index (χ2v) is 4.95. The third-order valence-electron chi connectivity index (χ3n) is 2.47. The monoisotopic (exact) mass is 210 g/mol. The van der Waals surface area contributed by atoms with E-state index in [0.717, 1.165) is 6.42 Å². The molecule has 1 aliphatic heterocycles. The molecular formula is C11H18N2O2. The van der Waals surface area contributed by atoms with Gasteiger partial charge in [0.15, 0.2) is 0 Å². The molecule has 0 aromatic heterocycles. The van der Waals surface area contributed by atoms with E-state index < -0.39 is 5.60 Å². The minimum absolute atomic E-state index is 0.0323. The van der Waals surface area contributed by atoms with Crippen LogP contribution in [-0.4, -0.2) is 29.2 Å². The Labute approximate surface area is 90.8 Å². The van der Waals surface area contributed by atoms with E-state index in [1.807, 2.05) is 27.7 Å². The molecule has 0 aromatic rings. The topological polar surface area (TPSA) is 53.3 Å². The molecule has 0 N–H and O–H groups in total. The zero-order valence-corrected chi connectivity index (χ0v) is 9.78. The molecule has 0 bridgehead atoms. The molecular weight excluding hydrogens is 192 g/mol. The number of carbonyl (C=O) groups is 1. The number of amides is 1. The van der Waals surface area contributed by atoms with Gasteiger partial charge in [-0.15, -0.1) is 0 Å². The molecule has 1 amide bonds. The maximum absolute atomic E-state index is 11.7. The molecule has 4 heteroatoms. The van der Waals surface area contributed by atoms with Crippen LogP contribution in [0.2, 0.25) is 0 Å². The number of ether oxygens (including phenoxy) is 1. The standard InChI is InChI=1S/C11H18N2O2/c1-8(7-12)9-5-6-13(9)10(14)15-11(2,3)4/h8-9H,5-6H2,1-4H3. The first kappa shape index (κ1) is 11.8. The minimum atomic E-state index is -0.465. The van der Waals surface area contributed by atoms with Gasteiger partial charge in [-0.3, -0.25) is 0 Å². The van der Waals surface area contributed by atoms with Gasteiger partial charge in [-0.2, -0.15) is 5.26 Å². The van der Waals surface area contributed by atoms with Crippen LogP contribution in [0.25, 0.3) is 0 Å². The van der Waals surface area contributed by atoms with Crippen LogP contribution in [0.15, 0.2) is 0 Å². The van der Waals surface area contributed by atoms with Gasteiger partial charge in [0.25, 0.3) is 0 Å². The van der Waals surface area contributed by atoms with Crippen molar-refractivity contribution in [3.63, 3.8) is 0 Å². The number of carbonyl (C=O) groups excluding carboxylic acids is 1. The SMILES string of the molecule is CC(C#N)C1CCN1C(=O)OC(C)(C)C. The second kappa shape index (κ2) is 4.09. The highest BCUT2D eigenvalue weighted by atomic mass is 16.6. The molecule has 0 aliphatic carbocycles. The fraction of sp³-hybridized carbons (Fsp3) is 0.818. The molecule has 84 valence electrons. The van der Waals surface area contributed by atoms with Crippen LogP contribution in [0.1, 0.15) is 34.1 Å². The molecule has 2 atom stereocenters. The zero-order valence-electron chi connectivity index (χ0n) is 9.78. The zero-order chi connectivity index (χ0) is 11.6. The van der Waals surface area contributed by atoms with Crippen molar-refractivity contribution in [1.82, 2.24) is 4.90 Å². The van der Waals surface area contributed by atoms with Gasteiger partial charge in [0.2, 0.25) is 0 Å². The van der Waals surface area contributed by atoms with E-state index >= 15 is 0 Å². The lowest BCUT2D eigenvalue weighted by Crippen LogP contribution is -2.55. The number of hydrogen-bond acceptors (Lipinski definition) is 3. The van der Waals surface area contributed by atoms with E-state index in [1.54, 1.807) is 4.90 Å². The van der Waals surface area contributed by atoms with Crippen molar-refractivity contribution in [3.8, 4) is 6.07 Å². The molecule has 0 aromatic carbocycles. The molecule has 0 radical (unpaired) electrons. The van der Waals surface area contributed by atoms with Crippen molar-refractivity contribution in [3.05, 3.63) is 0 Å². The summed E-state index contributed by atoms with van der Waals surface area (Å²) in [5.74, 6) is -0.119. The van der Waals surface area contributed by atoms with Gasteiger partial charge in [0.1, 0.15) is 5.60 Å². The number of nitriles is 1. The summed E-state index contributed by atoms with van der Waals surface area (Å²) in [5, 5.41) is 8.77. The molecule has 2 unspecified atom stereocenters. The summed E-state index contributed by atoms with van der Waals surface area (Å²) in [5.41, 5.74) is -0.465. The van der Waals surface area contributed by atoms with Crippen LogP contribution < -0.4 is 0 Å². The van der Waals surface area contributed by atoms with Crippen molar-refractivity contribution in [2.45, 2.75) is 45.8 Å². The third kappa shape index (κ3) is 2.85. The van der Waals surface area contributed by atoms with Gasteiger partial charge < -0.3 is 9.64 Å². The second-order valence-electron chi connectivity index (χ2n) is 4.95. The summed E-state index contributed by atoms with van der Waals surface area (Å²) in [6.07, 6.45) is 0.592. The minimum Gasteiger partial charge on any atom is -0.444 e. The lowest BCUT2D eigenvalue weighted by Gasteiger charge is -2.42. The van der Waals surface area contributed by atoms with E-state index in [4.69, 9.17) is 10.00 Å². The van der Waals surface area contributed by atoms with Gasteiger partial charge in [0.05, 0.1) is 18.0 Å². The van der Waals surface area contributed by atoms with Gasteiger partial charge in [0, 0.05) is 6.54 Å². The molecule has 1 rings (SSSR count). The van der Waals surface area contributed by atoms with E-state index in [-0.39, 0.29) is 18.1 Å². The molecule has 1 aliphatic rings. The van der Waals surface area contributed by atoms with Crippen molar-refractivity contribution in [2.75, 3.05) is 6.54 Å². The first-order valence-electron chi connectivity index (χ1n) is 5.24. The molecule has 1 fully saturated rings. The Morgan fingerprint density at radius 1 is 1.60 bits per heavy atom. The average Bonchev–Trinajstić information content (AvgIpc) is 1.97. The van der Waals surface area contributed by atoms with E-state index in [2.05, 4.69) is 6.07 Å². The van der Waals surface area contributed by atoms with E-state index in [9.17, 15) is 4.79 Å². The summed E-state index contributed by atoms with van der Waals surface area (Å²) < 4.78 is 5.24. The lowest BCUT2D eigenvalue weighted by atomic mass is 9.92. The quantitative estimate of drug-likeness (QED) is 0.666. The van der Waals surface area contributed by atoms with Crippen molar-refractivity contribution in [2.24, 2.45) is 5.92 Å². The van der Waals surface area contributed by atoms with Crippen LogP contribution in [0.3, 0.4) is 0 Å². The average molecular weight is 210 g/mol. The first-order chi connectivity index (χ1) is 6.85. The molecule has 1 saturated heterocycles. The third-order valence-corrected chi connectivity index (χ3v) is 2.47. The Hall–Kier alpha value is -1.24. The first-order valence-corrected chi connectivity index (χ1v) is 5.24. The molecule has 4 nitrogen and oxygen atoms in total. The summed E-state index contributed by atoms with van der Waals surface area (Å²) in [7, 11) is 0. The number of likely N-dealkylation sites (tertiary alicyclic amines) is 1. The van der Waals surface area contributed by atoms with Crippen LogP contribution >= 0.6 is 0 Å². The Bertz CT molecular complexity index is 288. The molecule has 1 heterocycles. The Balaban J connectivity index is 2.52. The van der Waals surface area contributed by atoms with Gasteiger partial charge >= 0.3 is 6.09 Å². The van der Waals surface area contributed by atoms with Gasteiger partial charge in [-0.25, -0.2) is 4.79 Å². The number of rotatable bonds is 1. The van der Waals surface area contributed by atoms with Crippen LogP contribution in [-0.2, 0) is 4.74 Å². The fourth-order valence-electron chi connectivity index (χ4n) is 1.56. The van der Waals surface area contributed by atoms with E-state index in [0.29, 0.717) is 6.54 Å². The Morgan fingerprint density at radius 3 is 2.53 bits per heavy atom. The normalized spacial score (nSPS) is 22.6. The summed E-state index contributed by atoms with van der Waals surface area (Å²) in [6, 6.07) is 2.20. The Morgan fingerprint density at radius 2 is 2.20 bits per heavy atom. The Kier molecular flexibility index (Phi) is 3.23. The van der Waals surface area contributed by atoms with Crippen LogP contribution in [0.5, 0.6) is 0 Å². The predicted molar refractivity (Wildman–Crippen MR) is 56.1 cm³/mol. The smallest absolute Gasteiger partial charge is 0.410 e. The molecule has 0 spiro atoms. The maximum Gasteiger partial charge on any atom is 0.410 e. The van der Waals surface area contributed by atoms with Gasteiger partial charge in [-0.1, -0.05) is 0 Å². The predicted octanol–water partition coefficient (Wildman–Crippen LogP) is 2.16.